The van der Waals surface area contributed by atoms with Crippen molar-refractivity contribution in [3.05, 3.63) is 36.4 Å². The SMILES string of the molecule is C=C1C(N)=Nc2ccccc21. The van der Waals surface area contributed by atoms with Gasteiger partial charge in [-0.15, -0.1) is 0 Å². The predicted octanol–water partition coefficient (Wildman–Crippen LogP) is 1.70. The summed E-state index contributed by atoms with van der Waals surface area (Å²) in [7, 11) is 0. The third-order valence-electron chi connectivity index (χ3n) is 1.78. The van der Waals surface area contributed by atoms with Crippen molar-refractivity contribution in [1.82, 2.24) is 0 Å². The Bertz CT molecular complexity index is 350. The van der Waals surface area contributed by atoms with Gasteiger partial charge in [0.05, 0.1) is 5.69 Å². The highest BCUT2D eigenvalue weighted by molar-refractivity contribution is 6.26. The first-order valence-electron chi connectivity index (χ1n) is 3.42. The Kier molecular flexibility index (Phi) is 1.09. The van der Waals surface area contributed by atoms with E-state index >= 15 is 0 Å². The second-order valence-electron chi connectivity index (χ2n) is 2.49. The standard InChI is InChI=1S/C9H8N2/c1-6-7-4-2-3-5-8(7)11-9(6)10/h2-5H,1H2,(H2,10,11). The zero-order valence-corrected chi connectivity index (χ0v) is 6.04. The van der Waals surface area contributed by atoms with Gasteiger partial charge in [-0.2, -0.15) is 0 Å². The van der Waals surface area contributed by atoms with Crippen molar-refractivity contribution in [3.8, 4) is 0 Å². The maximum atomic E-state index is 5.58. The number of nitrogens with two attached hydrogens (primary N) is 1. The van der Waals surface area contributed by atoms with Crippen molar-refractivity contribution in [3.63, 3.8) is 0 Å². The molecule has 0 amide bonds. The Balaban J connectivity index is 2.67. The summed E-state index contributed by atoms with van der Waals surface area (Å²) in [6.07, 6.45) is 0. The number of hydrogen-bond acceptors (Lipinski definition) is 2. The van der Waals surface area contributed by atoms with Gasteiger partial charge in [0.2, 0.25) is 0 Å². The number of aliphatic imine (C=N–C) groups is 1. The van der Waals surface area contributed by atoms with Crippen LogP contribution in [0.5, 0.6) is 0 Å². The maximum Gasteiger partial charge on any atom is 0.131 e. The van der Waals surface area contributed by atoms with Gasteiger partial charge in [-0.05, 0) is 6.07 Å². The number of amidine groups is 1. The smallest absolute Gasteiger partial charge is 0.131 e. The lowest BCUT2D eigenvalue weighted by Crippen LogP contribution is -2.08. The first kappa shape index (κ1) is 6.16. The summed E-state index contributed by atoms with van der Waals surface area (Å²) < 4.78 is 0. The molecule has 0 spiro atoms. The molecule has 1 aromatic carbocycles. The van der Waals surface area contributed by atoms with Crippen molar-refractivity contribution >= 4 is 17.1 Å². The van der Waals surface area contributed by atoms with Crippen LogP contribution >= 0.6 is 0 Å². The fourth-order valence-electron chi connectivity index (χ4n) is 1.16. The average molecular weight is 144 g/mol. The summed E-state index contributed by atoms with van der Waals surface area (Å²) in [6.45, 7) is 3.82. The van der Waals surface area contributed by atoms with Crippen LogP contribution in [0.3, 0.4) is 0 Å². The lowest BCUT2D eigenvalue weighted by atomic mass is 10.1. The summed E-state index contributed by atoms with van der Waals surface area (Å²) >= 11 is 0. The lowest BCUT2D eigenvalue weighted by molar-refractivity contribution is 1.53. The molecule has 0 saturated carbocycles. The zero-order valence-electron chi connectivity index (χ0n) is 6.04. The Hall–Kier alpha value is -1.57. The van der Waals surface area contributed by atoms with Gasteiger partial charge in [-0.25, -0.2) is 4.99 Å². The number of para-hydroxylation sites is 1. The van der Waals surface area contributed by atoms with Crippen LogP contribution in [0.15, 0.2) is 35.8 Å². The molecular formula is C9H8N2. The Labute approximate surface area is 65.1 Å². The topological polar surface area (TPSA) is 38.4 Å². The first-order chi connectivity index (χ1) is 5.29. The third kappa shape index (κ3) is 0.759. The monoisotopic (exact) mass is 144 g/mol. The molecule has 1 aliphatic rings. The van der Waals surface area contributed by atoms with Crippen LogP contribution in [0.2, 0.25) is 0 Å². The van der Waals surface area contributed by atoms with E-state index in [1.165, 1.54) is 0 Å². The molecule has 1 aromatic rings. The van der Waals surface area contributed by atoms with E-state index in [0.717, 1.165) is 16.8 Å². The van der Waals surface area contributed by atoms with Gasteiger partial charge >= 0.3 is 0 Å². The van der Waals surface area contributed by atoms with Crippen molar-refractivity contribution in [1.29, 1.82) is 0 Å². The summed E-state index contributed by atoms with van der Waals surface area (Å²) in [4.78, 5) is 4.13. The van der Waals surface area contributed by atoms with Crippen molar-refractivity contribution in [2.24, 2.45) is 10.7 Å². The molecule has 0 aromatic heterocycles. The van der Waals surface area contributed by atoms with Crippen LogP contribution in [-0.2, 0) is 0 Å². The van der Waals surface area contributed by atoms with E-state index in [0.29, 0.717) is 5.84 Å². The molecule has 0 radical (unpaired) electrons. The minimum absolute atomic E-state index is 0.534. The lowest BCUT2D eigenvalue weighted by Gasteiger charge is -1.95. The van der Waals surface area contributed by atoms with Gasteiger partial charge in [-0.1, -0.05) is 24.8 Å². The van der Waals surface area contributed by atoms with E-state index in [1.807, 2.05) is 24.3 Å². The summed E-state index contributed by atoms with van der Waals surface area (Å²) in [5, 5.41) is 0. The molecule has 2 rings (SSSR count). The summed E-state index contributed by atoms with van der Waals surface area (Å²) in [5.41, 5.74) is 8.39. The molecule has 2 N–H and O–H groups in total. The number of fused-ring (bicyclic) bond motifs is 1. The molecule has 0 unspecified atom stereocenters. The molecule has 0 saturated heterocycles. The molecule has 1 aliphatic heterocycles. The maximum absolute atomic E-state index is 5.58. The van der Waals surface area contributed by atoms with E-state index in [2.05, 4.69) is 11.6 Å². The van der Waals surface area contributed by atoms with E-state index in [4.69, 9.17) is 5.73 Å². The van der Waals surface area contributed by atoms with Gasteiger partial charge in [-0.3, -0.25) is 0 Å². The largest absolute Gasteiger partial charge is 0.383 e. The van der Waals surface area contributed by atoms with Gasteiger partial charge < -0.3 is 5.73 Å². The highest BCUT2D eigenvalue weighted by atomic mass is 14.9. The predicted molar refractivity (Wildman–Crippen MR) is 46.8 cm³/mol. The molecule has 1 heterocycles. The fraction of sp³-hybridized carbons (Fsp3) is 0. The minimum Gasteiger partial charge on any atom is -0.383 e. The molecule has 0 bridgehead atoms. The minimum atomic E-state index is 0.534. The van der Waals surface area contributed by atoms with E-state index < -0.39 is 0 Å². The summed E-state index contributed by atoms with van der Waals surface area (Å²) in [5.74, 6) is 0.534. The van der Waals surface area contributed by atoms with Crippen LogP contribution in [0.4, 0.5) is 5.69 Å². The molecule has 0 atom stereocenters. The van der Waals surface area contributed by atoms with Gasteiger partial charge in [0.25, 0.3) is 0 Å². The quantitative estimate of drug-likeness (QED) is 0.591. The molecule has 0 fully saturated rings. The van der Waals surface area contributed by atoms with Gasteiger partial charge in [0.1, 0.15) is 5.84 Å². The molecule has 11 heavy (non-hydrogen) atoms. The van der Waals surface area contributed by atoms with Crippen LogP contribution in [0, 0.1) is 0 Å². The number of rotatable bonds is 0. The zero-order chi connectivity index (χ0) is 7.84. The van der Waals surface area contributed by atoms with Gasteiger partial charge in [0, 0.05) is 11.1 Å². The Morgan fingerprint density at radius 3 is 2.73 bits per heavy atom. The molecular weight excluding hydrogens is 136 g/mol. The first-order valence-corrected chi connectivity index (χ1v) is 3.42. The fourth-order valence-corrected chi connectivity index (χ4v) is 1.16. The van der Waals surface area contributed by atoms with Crippen molar-refractivity contribution in [2.75, 3.05) is 0 Å². The van der Waals surface area contributed by atoms with Crippen molar-refractivity contribution < 1.29 is 0 Å². The van der Waals surface area contributed by atoms with E-state index in [-0.39, 0.29) is 0 Å². The number of hydrogen-bond donors (Lipinski definition) is 1. The molecule has 2 nitrogen and oxygen atoms in total. The van der Waals surface area contributed by atoms with Crippen molar-refractivity contribution in [2.45, 2.75) is 0 Å². The average Bonchev–Trinajstić information content (AvgIpc) is 2.30. The molecule has 54 valence electrons. The van der Waals surface area contributed by atoms with E-state index in [9.17, 15) is 0 Å². The summed E-state index contributed by atoms with van der Waals surface area (Å²) in [6, 6.07) is 7.80. The Morgan fingerprint density at radius 2 is 2.00 bits per heavy atom. The van der Waals surface area contributed by atoms with E-state index in [1.54, 1.807) is 0 Å². The molecule has 2 heteroatoms. The van der Waals surface area contributed by atoms with Crippen LogP contribution in [-0.4, -0.2) is 5.84 Å². The van der Waals surface area contributed by atoms with Gasteiger partial charge in [0.15, 0.2) is 0 Å². The normalized spacial score (nSPS) is 14.5. The second-order valence-corrected chi connectivity index (χ2v) is 2.49. The highest BCUT2D eigenvalue weighted by Gasteiger charge is 2.14. The van der Waals surface area contributed by atoms with Crippen LogP contribution in [0.25, 0.3) is 5.57 Å². The molecule has 0 aliphatic carbocycles. The second kappa shape index (κ2) is 1.95. The Morgan fingerprint density at radius 1 is 1.27 bits per heavy atom. The third-order valence-corrected chi connectivity index (χ3v) is 1.78. The number of benzene rings is 1. The highest BCUT2D eigenvalue weighted by Crippen LogP contribution is 2.31. The van der Waals surface area contributed by atoms with Crippen LogP contribution < -0.4 is 5.73 Å². The van der Waals surface area contributed by atoms with Crippen LogP contribution in [0.1, 0.15) is 5.56 Å². The number of nitrogens with zero attached hydrogens (tertiary/aromatic N) is 1.